The lowest BCUT2D eigenvalue weighted by molar-refractivity contribution is 0.102. The van der Waals surface area contributed by atoms with Crippen LogP contribution in [0.1, 0.15) is 56.8 Å². The Morgan fingerprint density at radius 3 is 2.39 bits per heavy atom. The van der Waals surface area contributed by atoms with E-state index in [4.69, 9.17) is 0 Å². The number of aromatic nitrogens is 1. The summed E-state index contributed by atoms with van der Waals surface area (Å²) in [5, 5.41) is 3.65. The maximum atomic E-state index is 13.3. The Kier molecular flexibility index (Phi) is 6.50. The number of carbonyl (C=O) groups is 1. The molecule has 7 nitrogen and oxygen atoms in total. The van der Waals surface area contributed by atoms with Gasteiger partial charge in [-0.2, -0.15) is 0 Å². The summed E-state index contributed by atoms with van der Waals surface area (Å²) in [6.07, 6.45) is 5.92. The van der Waals surface area contributed by atoms with E-state index in [1.165, 1.54) is 37.1 Å². The van der Waals surface area contributed by atoms with E-state index in [2.05, 4.69) is 40.7 Å². The molecule has 1 spiro atoms. The monoisotopic (exact) mass is 488 g/mol. The highest BCUT2D eigenvalue weighted by molar-refractivity contribution is 7.97. The largest absolute Gasteiger partial charge is 0.371 e. The number of anilines is 2. The molecule has 1 aromatic carbocycles. The minimum Gasteiger partial charge on any atom is -0.371 e. The van der Waals surface area contributed by atoms with Gasteiger partial charge in [-0.1, -0.05) is 6.07 Å². The van der Waals surface area contributed by atoms with Crippen molar-refractivity contribution in [1.82, 2.24) is 9.71 Å². The van der Waals surface area contributed by atoms with Crippen molar-refractivity contribution >= 4 is 39.2 Å². The van der Waals surface area contributed by atoms with Crippen LogP contribution in [0.3, 0.4) is 0 Å². The molecule has 0 bridgehead atoms. The minimum atomic E-state index is -3.38. The lowest BCUT2D eigenvalue weighted by Gasteiger charge is -2.35. The zero-order valence-corrected chi connectivity index (χ0v) is 21.3. The van der Waals surface area contributed by atoms with Crippen molar-refractivity contribution in [2.45, 2.75) is 61.9 Å². The standard InChI is InChI=1S/C24H32N4O3S2/c1-23(2,3)27-32-21-7-5-6-20(25-21)26-22(29)18-9-8-17(33(4,30)31)16-19(18)28-14-12-24(10-11-24)13-15-28/h5-9,16,27H,10-15H2,1-4H3,(H,25,26,29). The van der Waals surface area contributed by atoms with Gasteiger partial charge in [-0.3, -0.25) is 9.52 Å². The molecule has 33 heavy (non-hydrogen) atoms. The average Bonchev–Trinajstić information content (AvgIpc) is 3.50. The summed E-state index contributed by atoms with van der Waals surface area (Å²) in [4.78, 5) is 20.2. The summed E-state index contributed by atoms with van der Waals surface area (Å²) < 4.78 is 27.7. The van der Waals surface area contributed by atoms with E-state index >= 15 is 0 Å². The van der Waals surface area contributed by atoms with Crippen molar-refractivity contribution in [3.05, 3.63) is 42.0 Å². The maximum Gasteiger partial charge on any atom is 0.258 e. The normalized spacial score (nSPS) is 17.8. The number of nitrogens with one attached hydrogen (secondary N) is 2. The SMILES string of the molecule is CC(C)(C)NSc1cccc(NC(=O)c2ccc(S(C)(=O)=O)cc2N2CCC3(CC2)CC3)n1. The van der Waals surface area contributed by atoms with Gasteiger partial charge in [-0.25, -0.2) is 13.4 Å². The Labute approximate surface area is 200 Å². The quantitative estimate of drug-likeness (QED) is 0.578. The molecule has 1 saturated carbocycles. The molecule has 1 amide bonds. The second-order valence-corrected chi connectivity index (χ2v) is 13.0. The topological polar surface area (TPSA) is 91.4 Å². The highest BCUT2D eigenvalue weighted by atomic mass is 32.2. The van der Waals surface area contributed by atoms with Crippen LogP contribution in [0.5, 0.6) is 0 Å². The summed E-state index contributed by atoms with van der Waals surface area (Å²) >= 11 is 1.41. The Hall–Kier alpha value is -2.10. The third-order valence-corrected chi connectivity index (χ3v) is 8.45. The molecule has 4 rings (SSSR count). The summed E-state index contributed by atoms with van der Waals surface area (Å²) in [5.41, 5.74) is 1.54. The maximum absolute atomic E-state index is 13.3. The molecule has 2 fully saturated rings. The molecule has 2 aliphatic rings. The number of benzene rings is 1. The number of hydrogen-bond donors (Lipinski definition) is 2. The Balaban J connectivity index is 1.57. The van der Waals surface area contributed by atoms with Crippen LogP contribution < -0.4 is 14.9 Å². The van der Waals surface area contributed by atoms with Gasteiger partial charge in [0.05, 0.1) is 16.1 Å². The molecule has 9 heteroatoms. The highest BCUT2D eigenvalue weighted by Gasteiger charge is 2.44. The molecule has 0 radical (unpaired) electrons. The van der Waals surface area contributed by atoms with Crippen molar-refractivity contribution in [2.75, 3.05) is 29.6 Å². The van der Waals surface area contributed by atoms with E-state index in [-0.39, 0.29) is 16.3 Å². The first kappa shape index (κ1) is 24.0. The van der Waals surface area contributed by atoms with Crippen LogP contribution in [0.25, 0.3) is 0 Å². The first-order chi connectivity index (χ1) is 15.4. The van der Waals surface area contributed by atoms with Gasteiger partial charge >= 0.3 is 0 Å². The molecule has 1 saturated heterocycles. The van der Waals surface area contributed by atoms with E-state index in [1.807, 2.05) is 12.1 Å². The van der Waals surface area contributed by atoms with Gasteiger partial charge in [0.2, 0.25) is 0 Å². The number of rotatable bonds is 6. The number of amides is 1. The molecular weight excluding hydrogens is 456 g/mol. The summed E-state index contributed by atoms with van der Waals surface area (Å²) in [7, 11) is -3.38. The van der Waals surface area contributed by atoms with Crippen LogP contribution in [0.15, 0.2) is 46.3 Å². The molecule has 2 heterocycles. The van der Waals surface area contributed by atoms with Crippen molar-refractivity contribution in [1.29, 1.82) is 0 Å². The number of pyridine rings is 1. The van der Waals surface area contributed by atoms with Gasteiger partial charge in [-0.05, 0) is 94.1 Å². The van der Waals surface area contributed by atoms with E-state index in [1.54, 1.807) is 18.2 Å². The van der Waals surface area contributed by atoms with Gasteiger partial charge in [-0.15, -0.1) is 0 Å². The van der Waals surface area contributed by atoms with Gasteiger partial charge in [0.1, 0.15) is 10.8 Å². The van der Waals surface area contributed by atoms with Crippen molar-refractivity contribution < 1.29 is 13.2 Å². The van der Waals surface area contributed by atoms with E-state index in [0.717, 1.165) is 31.0 Å². The average molecular weight is 489 g/mol. The zero-order valence-electron chi connectivity index (χ0n) is 19.6. The molecule has 1 aliphatic carbocycles. The third kappa shape index (κ3) is 6.07. The molecule has 2 aromatic rings. The fraction of sp³-hybridized carbons (Fsp3) is 0.500. The first-order valence-corrected chi connectivity index (χ1v) is 14.0. The van der Waals surface area contributed by atoms with Crippen LogP contribution >= 0.6 is 11.9 Å². The highest BCUT2D eigenvalue weighted by Crippen LogP contribution is 2.54. The van der Waals surface area contributed by atoms with Crippen molar-refractivity contribution in [3.63, 3.8) is 0 Å². The summed E-state index contributed by atoms with van der Waals surface area (Å²) in [6.45, 7) is 7.86. The number of nitrogens with zero attached hydrogens (tertiary/aromatic N) is 2. The zero-order chi connectivity index (χ0) is 23.9. The Morgan fingerprint density at radius 1 is 1.09 bits per heavy atom. The van der Waals surface area contributed by atoms with Gasteiger partial charge in [0.15, 0.2) is 9.84 Å². The van der Waals surface area contributed by atoms with E-state index in [9.17, 15) is 13.2 Å². The second kappa shape index (κ2) is 8.92. The molecule has 1 aliphatic heterocycles. The van der Waals surface area contributed by atoms with Crippen LogP contribution in [-0.2, 0) is 9.84 Å². The van der Waals surface area contributed by atoms with Gasteiger partial charge < -0.3 is 10.2 Å². The molecule has 0 atom stereocenters. The minimum absolute atomic E-state index is 0.0741. The molecule has 2 N–H and O–H groups in total. The van der Waals surface area contributed by atoms with Crippen LogP contribution in [0, 0.1) is 5.41 Å². The lowest BCUT2D eigenvalue weighted by atomic mass is 9.93. The molecular formula is C24H32N4O3S2. The van der Waals surface area contributed by atoms with Crippen molar-refractivity contribution in [3.8, 4) is 0 Å². The fourth-order valence-corrected chi connectivity index (χ4v) is 5.37. The van der Waals surface area contributed by atoms with Crippen LogP contribution in [0.2, 0.25) is 0 Å². The predicted molar refractivity (Wildman–Crippen MR) is 134 cm³/mol. The predicted octanol–water partition coefficient (Wildman–Crippen LogP) is 4.51. The number of sulfone groups is 1. The fourth-order valence-electron chi connectivity index (χ4n) is 4.02. The number of piperidine rings is 1. The first-order valence-electron chi connectivity index (χ1n) is 11.3. The van der Waals surface area contributed by atoms with Gasteiger partial charge in [0, 0.05) is 24.9 Å². The third-order valence-electron chi connectivity index (χ3n) is 6.19. The van der Waals surface area contributed by atoms with E-state index < -0.39 is 9.84 Å². The Bertz CT molecular complexity index is 1140. The molecule has 178 valence electrons. The van der Waals surface area contributed by atoms with E-state index in [0.29, 0.717) is 22.5 Å². The lowest BCUT2D eigenvalue weighted by Crippen LogP contribution is -2.35. The van der Waals surface area contributed by atoms with Crippen molar-refractivity contribution in [2.24, 2.45) is 5.41 Å². The second-order valence-electron chi connectivity index (χ2n) is 10.2. The Morgan fingerprint density at radius 2 is 1.79 bits per heavy atom. The van der Waals surface area contributed by atoms with Crippen LogP contribution in [0.4, 0.5) is 11.5 Å². The number of carbonyl (C=O) groups excluding carboxylic acids is 1. The number of hydrogen-bond acceptors (Lipinski definition) is 7. The molecule has 0 unspecified atom stereocenters. The summed E-state index contributed by atoms with van der Waals surface area (Å²) in [5.74, 6) is 0.157. The smallest absolute Gasteiger partial charge is 0.258 e. The summed E-state index contributed by atoms with van der Waals surface area (Å²) in [6, 6.07) is 10.2. The van der Waals surface area contributed by atoms with Crippen LogP contribution in [-0.4, -0.2) is 44.2 Å². The van der Waals surface area contributed by atoms with Gasteiger partial charge in [0.25, 0.3) is 5.91 Å². The molecule has 1 aromatic heterocycles.